The number of benzene rings is 3. The van der Waals surface area contributed by atoms with Gasteiger partial charge in [0.05, 0.1) is 5.70 Å². The maximum absolute atomic E-state index is 13.9. The van der Waals surface area contributed by atoms with E-state index in [0.29, 0.717) is 32.5 Å². The molecule has 1 aliphatic rings. The zero-order valence-corrected chi connectivity index (χ0v) is 27.2. The molecular weight excluding hydrogens is 658 g/mol. The Morgan fingerprint density at radius 3 is 2.19 bits per heavy atom. The van der Waals surface area contributed by atoms with E-state index >= 15 is 0 Å². The quantitative estimate of drug-likeness (QED) is 0.250. The number of hydrogen-bond acceptors (Lipinski definition) is 5. The summed E-state index contributed by atoms with van der Waals surface area (Å²) in [6.07, 6.45) is -4.19. The van der Waals surface area contributed by atoms with Gasteiger partial charge in [0.1, 0.15) is 31.0 Å². The second-order valence-corrected chi connectivity index (χ2v) is 12.2. The number of carbonyl (C=O) groups excluding carboxylic acids is 4. The van der Waals surface area contributed by atoms with Gasteiger partial charge in [0.2, 0.25) is 11.8 Å². The second kappa shape index (κ2) is 15.0. The molecule has 2 atom stereocenters. The van der Waals surface area contributed by atoms with Crippen LogP contribution in [0.3, 0.4) is 0 Å². The van der Waals surface area contributed by atoms with Crippen LogP contribution in [0.4, 0.5) is 13.2 Å². The molecule has 3 amide bonds. The van der Waals surface area contributed by atoms with E-state index in [1.54, 1.807) is 74.5 Å². The van der Waals surface area contributed by atoms with Crippen LogP contribution >= 0.6 is 23.2 Å². The minimum atomic E-state index is -5.21. The summed E-state index contributed by atoms with van der Waals surface area (Å²) in [5.74, 6) is -4.18. The van der Waals surface area contributed by atoms with Crippen molar-refractivity contribution in [3.63, 3.8) is 0 Å². The summed E-state index contributed by atoms with van der Waals surface area (Å²) in [5.41, 5.74) is 1.61. The van der Waals surface area contributed by atoms with E-state index in [1.165, 1.54) is 30.2 Å². The monoisotopic (exact) mass is 689 g/mol. The molecule has 0 aliphatic carbocycles. The van der Waals surface area contributed by atoms with Crippen LogP contribution in [0.25, 0.3) is 5.70 Å². The third kappa shape index (κ3) is 9.14. The summed E-state index contributed by atoms with van der Waals surface area (Å²) in [6, 6.07) is 16.5. The molecule has 8 nitrogen and oxygen atoms in total. The molecule has 0 saturated carbocycles. The minimum Gasteiger partial charge on any atom is -0.489 e. The van der Waals surface area contributed by atoms with Gasteiger partial charge >= 0.3 is 6.18 Å². The van der Waals surface area contributed by atoms with Crippen molar-refractivity contribution in [3.05, 3.63) is 106 Å². The van der Waals surface area contributed by atoms with Crippen molar-refractivity contribution in [1.82, 2.24) is 15.1 Å². The van der Waals surface area contributed by atoms with E-state index in [2.05, 4.69) is 5.32 Å². The molecule has 1 heterocycles. The number of alkyl halides is 3. The molecule has 13 heteroatoms. The third-order valence-corrected chi connectivity index (χ3v) is 7.78. The zero-order chi connectivity index (χ0) is 34.5. The Balaban J connectivity index is 1.66. The standard InChI is InChI=1S/C34H32Cl2F3N3O5/c1-20(2)31-33(46)42(18-30(44)40-28(32(45)34(37,38)39)14-22-8-5-4-6-9-22)29(17-41(31)21(3)43)24-10-7-11-27(15-24)47-19-23-12-25(35)16-26(36)13-23/h4-13,15-17,20,28,31H,14,18-19H2,1-3H3,(H,40,44)/t28-,31+/m0/s1. The van der Waals surface area contributed by atoms with Crippen LogP contribution < -0.4 is 10.1 Å². The first-order chi connectivity index (χ1) is 22.1. The van der Waals surface area contributed by atoms with E-state index in [1.807, 2.05) is 0 Å². The predicted octanol–water partition coefficient (Wildman–Crippen LogP) is 6.45. The van der Waals surface area contributed by atoms with Crippen LogP contribution in [0.1, 0.15) is 37.5 Å². The average molecular weight is 691 g/mol. The Labute approximate surface area is 280 Å². The fourth-order valence-corrected chi connectivity index (χ4v) is 5.78. The number of halogens is 5. The number of carbonyl (C=O) groups is 4. The highest BCUT2D eigenvalue weighted by molar-refractivity contribution is 6.34. The molecule has 0 bridgehead atoms. The van der Waals surface area contributed by atoms with Gasteiger partial charge in [0.15, 0.2) is 0 Å². The predicted molar refractivity (Wildman–Crippen MR) is 171 cm³/mol. The number of nitrogens with one attached hydrogen (secondary N) is 1. The maximum atomic E-state index is 13.9. The first-order valence-corrected chi connectivity index (χ1v) is 15.3. The number of rotatable bonds is 11. The molecule has 4 rings (SSSR count). The van der Waals surface area contributed by atoms with Gasteiger partial charge < -0.3 is 15.0 Å². The highest BCUT2D eigenvalue weighted by atomic mass is 35.5. The molecule has 47 heavy (non-hydrogen) atoms. The normalized spacial score (nSPS) is 15.7. The Kier molecular flexibility index (Phi) is 11.4. The van der Waals surface area contributed by atoms with Gasteiger partial charge in [-0.05, 0) is 47.4 Å². The van der Waals surface area contributed by atoms with Crippen LogP contribution in [0.2, 0.25) is 10.0 Å². The van der Waals surface area contributed by atoms with Gasteiger partial charge in [-0.3, -0.25) is 24.1 Å². The molecule has 0 radical (unpaired) electrons. The molecule has 248 valence electrons. The molecule has 0 spiro atoms. The van der Waals surface area contributed by atoms with E-state index < -0.39 is 54.7 Å². The number of ketones is 1. The fourth-order valence-electron chi connectivity index (χ4n) is 5.21. The van der Waals surface area contributed by atoms with Crippen molar-refractivity contribution in [3.8, 4) is 5.75 Å². The second-order valence-electron chi connectivity index (χ2n) is 11.3. The number of Topliss-reactive ketones (excluding diaryl/α,β-unsaturated/α-hetero) is 1. The Bertz CT molecular complexity index is 1660. The molecule has 0 unspecified atom stereocenters. The van der Waals surface area contributed by atoms with Crippen molar-refractivity contribution < 1.29 is 37.1 Å². The van der Waals surface area contributed by atoms with Crippen molar-refractivity contribution in [2.45, 2.75) is 52.1 Å². The summed E-state index contributed by atoms with van der Waals surface area (Å²) in [4.78, 5) is 54.7. The minimum absolute atomic E-state index is 0.0961. The summed E-state index contributed by atoms with van der Waals surface area (Å²) in [7, 11) is 0. The molecule has 1 N–H and O–H groups in total. The largest absolute Gasteiger partial charge is 0.489 e. The van der Waals surface area contributed by atoms with Gasteiger partial charge in [-0.15, -0.1) is 0 Å². The molecule has 1 aliphatic heterocycles. The van der Waals surface area contributed by atoms with Crippen molar-refractivity contribution >= 4 is 52.4 Å². The van der Waals surface area contributed by atoms with Gasteiger partial charge in [-0.2, -0.15) is 13.2 Å². The summed E-state index contributed by atoms with van der Waals surface area (Å²) < 4.78 is 46.5. The van der Waals surface area contributed by atoms with Crippen LogP contribution in [-0.4, -0.2) is 58.1 Å². The summed E-state index contributed by atoms with van der Waals surface area (Å²) in [5, 5.41) is 3.05. The Morgan fingerprint density at radius 1 is 0.936 bits per heavy atom. The first-order valence-electron chi connectivity index (χ1n) is 14.6. The highest BCUT2D eigenvalue weighted by Crippen LogP contribution is 2.32. The summed E-state index contributed by atoms with van der Waals surface area (Å²) >= 11 is 12.2. The Morgan fingerprint density at radius 2 is 1.60 bits per heavy atom. The molecule has 0 saturated heterocycles. The third-order valence-electron chi connectivity index (χ3n) is 7.34. The smallest absolute Gasteiger partial charge is 0.452 e. The molecule has 0 aromatic heterocycles. The fraction of sp³-hybridized carbons (Fsp3) is 0.294. The number of amides is 3. The number of nitrogens with zero attached hydrogens (tertiary/aromatic N) is 2. The lowest BCUT2D eigenvalue weighted by Crippen LogP contribution is -2.57. The van der Waals surface area contributed by atoms with Gasteiger partial charge in [0, 0.05) is 35.2 Å². The van der Waals surface area contributed by atoms with E-state index in [4.69, 9.17) is 27.9 Å². The molecular formula is C34H32Cl2F3N3O5. The molecule has 0 fully saturated rings. The van der Waals surface area contributed by atoms with Crippen molar-refractivity contribution in [2.24, 2.45) is 5.92 Å². The lowest BCUT2D eigenvalue weighted by molar-refractivity contribution is -0.173. The first kappa shape index (κ1) is 35.5. The highest BCUT2D eigenvalue weighted by Gasteiger charge is 2.45. The van der Waals surface area contributed by atoms with Crippen LogP contribution in [0.5, 0.6) is 5.75 Å². The van der Waals surface area contributed by atoms with Crippen LogP contribution in [0.15, 0.2) is 79.0 Å². The molecule has 3 aromatic carbocycles. The van der Waals surface area contributed by atoms with Crippen LogP contribution in [-0.2, 0) is 32.2 Å². The SMILES string of the molecule is CC(=O)N1C=C(c2cccc(OCc3cc(Cl)cc(Cl)c3)c2)N(CC(=O)N[C@@H](Cc2ccccc2)C(=O)C(F)(F)F)C(=O)[C@H]1C(C)C. The van der Waals surface area contributed by atoms with Crippen molar-refractivity contribution in [2.75, 3.05) is 6.54 Å². The lowest BCUT2D eigenvalue weighted by Gasteiger charge is -2.40. The topological polar surface area (TPSA) is 96.0 Å². The summed E-state index contributed by atoms with van der Waals surface area (Å²) in [6.45, 7) is 4.13. The van der Waals surface area contributed by atoms with Gasteiger partial charge in [-0.25, -0.2) is 0 Å². The number of hydrogen-bond donors (Lipinski definition) is 1. The van der Waals surface area contributed by atoms with Crippen LogP contribution in [0, 0.1) is 5.92 Å². The number of ether oxygens (including phenoxy) is 1. The average Bonchev–Trinajstić information content (AvgIpc) is 2.99. The lowest BCUT2D eigenvalue weighted by atomic mass is 9.97. The van der Waals surface area contributed by atoms with Gasteiger partial charge in [0.25, 0.3) is 11.7 Å². The van der Waals surface area contributed by atoms with Crippen molar-refractivity contribution in [1.29, 1.82) is 0 Å². The molecule has 3 aromatic rings. The van der Waals surface area contributed by atoms with E-state index in [9.17, 15) is 32.3 Å². The van der Waals surface area contributed by atoms with E-state index in [0.717, 1.165) is 4.90 Å². The van der Waals surface area contributed by atoms with Gasteiger partial charge in [-0.1, -0.05) is 79.5 Å². The maximum Gasteiger partial charge on any atom is 0.452 e. The Hall–Kier alpha value is -4.35. The van der Waals surface area contributed by atoms with E-state index in [-0.39, 0.29) is 18.2 Å². The zero-order valence-electron chi connectivity index (χ0n) is 25.7.